The lowest BCUT2D eigenvalue weighted by Gasteiger charge is -1.95. The minimum absolute atomic E-state index is 0.0444. The number of Topliss-reactive ketones (excluding diaryl/α,β-unsaturated/α-hetero) is 1. The number of rotatable bonds is 3. The van der Waals surface area contributed by atoms with E-state index in [0.717, 1.165) is 12.3 Å². The van der Waals surface area contributed by atoms with Gasteiger partial charge < -0.3 is 4.98 Å². The van der Waals surface area contributed by atoms with Crippen LogP contribution in [0.1, 0.15) is 10.4 Å². The van der Waals surface area contributed by atoms with E-state index >= 15 is 0 Å². The van der Waals surface area contributed by atoms with Crippen LogP contribution in [0.5, 0.6) is 0 Å². The Kier molecular flexibility index (Phi) is 3.13. The number of halogens is 1. The van der Waals surface area contributed by atoms with Gasteiger partial charge in [0, 0.05) is 6.07 Å². The van der Waals surface area contributed by atoms with E-state index < -0.39 is 16.3 Å². The number of nitro groups is 1. The number of H-pyrrole nitrogens is 1. The molecular formula is C7H5BrN2O4. The van der Waals surface area contributed by atoms with Gasteiger partial charge in [0.05, 0.1) is 22.0 Å². The highest BCUT2D eigenvalue weighted by atomic mass is 79.9. The number of carbonyl (C=O) groups excluding carboxylic acids is 1. The number of hydrogen-bond donors (Lipinski definition) is 1. The molecule has 74 valence electrons. The van der Waals surface area contributed by atoms with Crippen LogP contribution in [0, 0.1) is 10.1 Å². The van der Waals surface area contributed by atoms with Crippen molar-refractivity contribution in [2.75, 3.05) is 5.33 Å². The number of aromatic amines is 1. The van der Waals surface area contributed by atoms with Crippen LogP contribution < -0.4 is 5.56 Å². The summed E-state index contributed by atoms with van der Waals surface area (Å²) in [4.78, 5) is 34.0. The van der Waals surface area contributed by atoms with E-state index in [2.05, 4.69) is 20.9 Å². The number of carbonyl (C=O) groups is 1. The lowest BCUT2D eigenvalue weighted by Crippen LogP contribution is -2.18. The molecule has 1 rings (SSSR count). The quantitative estimate of drug-likeness (QED) is 0.378. The zero-order valence-electron chi connectivity index (χ0n) is 6.82. The molecule has 1 heterocycles. The molecular weight excluding hydrogens is 256 g/mol. The van der Waals surface area contributed by atoms with Gasteiger partial charge in [-0.25, -0.2) is 0 Å². The summed E-state index contributed by atoms with van der Waals surface area (Å²) in [6.45, 7) is 0. The van der Waals surface area contributed by atoms with E-state index in [1.807, 2.05) is 0 Å². The molecule has 14 heavy (non-hydrogen) atoms. The first-order valence-electron chi connectivity index (χ1n) is 3.52. The summed E-state index contributed by atoms with van der Waals surface area (Å²) >= 11 is 2.88. The standard InChI is InChI=1S/C7H5BrN2O4/c8-2-6(11)5-1-4(10(13)14)3-9-7(5)12/h1,3H,2H2,(H,9,12). The Bertz CT molecular complexity index is 440. The van der Waals surface area contributed by atoms with Crippen LogP contribution in [-0.2, 0) is 0 Å². The molecule has 1 aromatic heterocycles. The fraction of sp³-hybridized carbons (Fsp3) is 0.143. The number of hydrogen-bond acceptors (Lipinski definition) is 4. The zero-order chi connectivity index (χ0) is 10.7. The second-order valence-electron chi connectivity index (χ2n) is 2.41. The van der Waals surface area contributed by atoms with Crippen LogP contribution in [0.4, 0.5) is 5.69 Å². The van der Waals surface area contributed by atoms with E-state index in [-0.39, 0.29) is 16.6 Å². The molecule has 0 aliphatic heterocycles. The highest BCUT2D eigenvalue weighted by Crippen LogP contribution is 2.09. The van der Waals surface area contributed by atoms with Crippen LogP contribution in [0.3, 0.4) is 0 Å². The van der Waals surface area contributed by atoms with Gasteiger partial charge in [-0.15, -0.1) is 0 Å². The van der Waals surface area contributed by atoms with Crippen LogP contribution in [-0.4, -0.2) is 21.0 Å². The fourth-order valence-corrected chi connectivity index (χ4v) is 1.16. The Hall–Kier alpha value is -1.50. The first-order chi connectivity index (χ1) is 6.56. The normalized spacial score (nSPS) is 9.79. The van der Waals surface area contributed by atoms with Gasteiger partial charge in [0.15, 0.2) is 5.78 Å². The molecule has 0 saturated heterocycles. The van der Waals surface area contributed by atoms with Crippen molar-refractivity contribution in [2.45, 2.75) is 0 Å². The average molecular weight is 261 g/mol. The molecule has 0 aromatic carbocycles. The Morgan fingerprint density at radius 3 is 2.79 bits per heavy atom. The molecule has 0 amide bonds. The molecule has 0 aliphatic rings. The summed E-state index contributed by atoms with van der Waals surface area (Å²) in [5.41, 5.74) is -1.15. The maximum atomic E-state index is 11.1. The van der Waals surface area contributed by atoms with Gasteiger partial charge >= 0.3 is 0 Å². The summed E-state index contributed by atoms with van der Waals surface area (Å²) in [6.07, 6.45) is 0.952. The third-order valence-electron chi connectivity index (χ3n) is 1.52. The van der Waals surface area contributed by atoms with E-state index in [0.29, 0.717) is 0 Å². The number of pyridine rings is 1. The van der Waals surface area contributed by atoms with Crippen LogP contribution >= 0.6 is 15.9 Å². The molecule has 0 unspecified atom stereocenters. The lowest BCUT2D eigenvalue weighted by atomic mass is 10.2. The van der Waals surface area contributed by atoms with Crippen molar-refractivity contribution in [1.82, 2.24) is 4.98 Å². The van der Waals surface area contributed by atoms with Gasteiger partial charge in [-0.3, -0.25) is 19.7 Å². The smallest absolute Gasteiger partial charge is 0.286 e. The highest BCUT2D eigenvalue weighted by molar-refractivity contribution is 9.09. The Morgan fingerprint density at radius 1 is 1.64 bits per heavy atom. The summed E-state index contributed by atoms with van der Waals surface area (Å²) in [5.74, 6) is -0.491. The summed E-state index contributed by atoms with van der Waals surface area (Å²) in [7, 11) is 0. The highest BCUT2D eigenvalue weighted by Gasteiger charge is 2.14. The number of aromatic nitrogens is 1. The zero-order valence-corrected chi connectivity index (χ0v) is 8.41. The van der Waals surface area contributed by atoms with Gasteiger partial charge in [-0.05, 0) is 0 Å². The lowest BCUT2D eigenvalue weighted by molar-refractivity contribution is -0.385. The Balaban J connectivity index is 3.28. The fourth-order valence-electron chi connectivity index (χ4n) is 0.857. The average Bonchev–Trinajstić information content (AvgIpc) is 2.17. The van der Waals surface area contributed by atoms with Crippen molar-refractivity contribution in [1.29, 1.82) is 0 Å². The third kappa shape index (κ3) is 2.05. The van der Waals surface area contributed by atoms with Gasteiger partial charge in [-0.2, -0.15) is 0 Å². The molecule has 0 bridgehead atoms. The van der Waals surface area contributed by atoms with Crippen molar-refractivity contribution < 1.29 is 9.72 Å². The maximum absolute atomic E-state index is 11.1. The van der Waals surface area contributed by atoms with Gasteiger partial charge in [-0.1, -0.05) is 15.9 Å². The number of nitrogens with one attached hydrogen (secondary N) is 1. The predicted molar refractivity (Wildman–Crippen MR) is 51.8 cm³/mol. The molecule has 0 radical (unpaired) electrons. The van der Waals surface area contributed by atoms with Crippen molar-refractivity contribution in [3.63, 3.8) is 0 Å². The van der Waals surface area contributed by atoms with Crippen molar-refractivity contribution in [2.24, 2.45) is 0 Å². The summed E-state index contributed by atoms with van der Waals surface area (Å²) < 4.78 is 0. The number of alkyl halides is 1. The molecule has 0 saturated carbocycles. The van der Waals surface area contributed by atoms with Crippen molar-refractivity contribution >= 4 is 27.4 Å². The first-order valence-corrected chi connectivity index (χ1v) is 4.64. The molecule has 1 N–H and O–H groups in total. The maximum Gasteiger partial charge on any atom is 0.286 e. The van der Waals surface area contributed by atoms with E-state index in [4.69, 9.17) is 0 Å². The van der Waals surface area contributed by atoms with Gasteiger partial charge in [0.2, 0.25) is 0 Å². The van der Waals surface area contributed by atoms with Crippen LogP contribution in [0.2, 0.25) is 0 Å². The molecule has 6 nitrogen and oxygen atoms in total. The molecule has 0 spiro atoms. The number of ketones is 1. The van der Waals surface area contributed by atoms with Crippen molar-refractivity contribution in [3.8, 4) is 0 Å². The van der Waals surface area contributed by atoms with Gasteiger partial charge in [0.25, 0.3) is 11.2 Å². The second kappa shape index (κ2) is 4.14. The largest absolute Gasteiger partial charge is 0.322 e. The van der Waals surface area contributed by atoms with Crippen LogP contribution in [0.25, 0.3) is 0 Å². The molecule has 0 fully saturated rings. The first kappa shape index (κ1) is 10.6. The van der Waals surface area contributed by atoms with E-state index in [9.17, 15) is 19.7 Å². The van der Waals surface area contributed by atoms with Gasteiger partial charge in [0.1, 0.15) is 0 Å². The topological polar surface area (TPSA) is 93.1 Å². The SMILES string of the molecule is O=C(CBr)c1cc([N+](=O)[O-])c[nH]c1=O. The third-order valence-corrected chi connectivity index (χ3v) is 2.03. The van der Waals surface area contributed by atoms with Crippen LogP contribution in [0.15, 0.2) is 17.1 Å². The van der Waals surface area contributed by atoms with E-state index in [1.54, 1.807) is 0 Å². The molecule has 0 aliphatic carbocycles. The second-order valence-corrected chi connectivity index (χ2v) is 2.98. The predicted octanol–water partition coefficient (Wildman–Crippen LogP) is 0.861. The van der Waals surface area contributed by atoms with Crippen molar-refractivity contribution in [3.05, 3.63) is 38.3 Å². The summed E-state index contributed by atoms with van der Waals surface area (Å²) in [6, 6.07) is 0.961. The number of nitrogens with zero attached hydrogens (tertiary/aromatic N) is 1. The molecule has 0 atom stereocenters. The Morgan fingerprint density at radius 2 is 2.29 bits per heavy atom. The molecule has 7 heteroatoms. The molecule has 1 aromatic rings. The summed E-state index contributed by atoms with van der Waals surface area (Å²) in [5, 5.41) is 10.3. The Labute approximate surface area is 86.2 Å². The van der Waals surface area contributed by atoms with E-state index in [1.165, 1.54) is 0 Å². The minimum atomic E-state index is -0.680. The monoisotopic (exact) mass is 260 g/mol. The minimum Gasteiger partial charge on any atom is -0.322 e.